The third kappa shape index (κ3) is 4.66. The molecular formula is C25H22ClFN4O3S. The van der Waals surface area contributed by atoms with E-state index >= 15 is 4.39 Å². The first-order chi connectivity index (χ1) is 16.8. The molecule has 7 nitrogen and oxygen atoms in total. The molecule has 5 rings (SSSR count). The lowest BCUT2D eigenvalue weighted by Crippen LogP contribution is -2.11. The number of carbonyl (C=O) groups is 2. The molecule has 3 N–H and O–H groups in total. The lowest BCUT2D eigenvalue weighted by Gasteiger charge is -2.11. The first-order valence-corrected chi connectivity index (χ1v) is 12.4. The Morgan fingerprint density at radius 2 is 2.06 bits per heavy atom. The molecule has 2 aromatic heterocycles. The smallest absolute Gasteiger partial charge is 0.338 e. The number of nitrogens with two attached hydrogens (primary N) is 1. The highest BCUT2D eigenvalue weighted by Gasteiger charge is 2.33. The number of nitrogens with zero attached hydrogens (tertiary/aromatic N) is 3. The number of aromatic carboxylic acids is 1. The number of hydrogen-bond donors (Lipinski definition) is 2. The van der Waals surface area contributed by atoms with Crippen molar-refractivity contribution in [2.75, 3.05) is 0 Å². The highest BCUT2D eigenvalue weighted by Crippen LogP contribution is 2.51. The van der Waals surface area contributed by atoms with E-state index in [-0.39, 0.29) is 28.7 Å². The fourth-order valence-electron chi connectivity index (χ4n) is 4.23. The number of carboxylic acids is 1. The van der Waals surface area contributed by atoms with Crippen molar-refractivity contribution in [2.45, 2.75) is 47.9 Å². The predicted octanol–water partition coefficient (Wildman–Crippen LogP) is 5.61. The highest BCUT2D eigenvalue weighted by atomic mass is 35.5. The van der Waals surface area contributed by atoms with Crippen LogP contribution in [0.4, 0.5) is 4.39 Å². The molecule has 0 bridgehead atoms. The molecule has 1 aliphatic rings. The second kappa shape index (κ2) is 9.39. The zero-order chi connectivity index (χ0) is 24.7. The van der Waals surface area contributed by atoms with E-state index in [4.69, 9.17) is 17.3 Å². The number of hydrogen-bond acceptors (Lipinski definition) is 4. The van der Waals surface area contributed by atoms with Gasteiger partial charge in [-0.15, -0.1) is 0 Å². The van der Waals surface area contributed by atoms with Gasteiger partial charge in [-0.25, -0.2) is 9.18 Å². The van der Waals surface area contributed by atoms with Gasteiger partial charge in [0.25, 0.3) is 0 Å². The minimum absolute atomic E-state index is 0.253. The van der Waals surface area contributed by atoms with Crippen molar-refractivity contribution in [1.29, 1.82) is 0 Å². The molecule has 1 amide bonds. The van der Waals surface area contributed by atoms with Crippen LogP contribution < -0.4 is 5.73 Å². The van der Waals surface area contributed by atoms with Crippen LogP contribution in [0.5, 0.6) is 0 Å². The number of benzene rings is 2. The van der Waals surface area contributed by atoms with Gasteiger partial charge in [0.1, 0.15) is 0 Å². The van der Waals surface area contributed by atoms with Crippen LogP contribution in [0.2, 0.25) is 5.02 Å². The summed E-state index contributed by atoms with van der Waals surface area (Å²) in [5.41, 5.74) is 7.63. The Balaban J connectivity index is 1.63. The summed E-state index contributed by atoms with van der Waals surface area (Å²) in [5, 5.41) is 15.3. The number of aromatic nitrogens is 3. The van der Waals surface area contributed by atoms with Gasteiger partial charge in [0.2, 0.25) is 5.91 Å². The Kier molecular flexibility index (Phi) is 6.29. The third-order valence-corrected chi connectivity index (χ3v) is 7.38. The van der Waals surface area contributed by atoms with Gasteiger partial charge in [0.15, 0.2) is 5.82 Å². The van der Waals surface area contributed by atoms with Crippen LogP contribution in [0.25, 0.3) is 16.6 Å². The average molecular weight is 513 g/mol. The van der Waals surface area contributed by atoms with Crippen LogP contribution in [-0.4, -0.2) is 31.3 Å². The fraction of sp³-hybridized carbons (Fsp3) is 0.240. The molecule has 2 heterocycles. The molecule has 2 aromatic carbocycles. The third-order valence-electron chi connectivity index (χ3n) is 5.98. The largest absolute Gasteiger partial charge is 0.478 e. The van der Waals surface area contributed by atoms with E-state index in [1.165, 1.54) is 17.8 Å². The van der Waals surface area contributed by atoms with Crippen LogP contribution in [0.1, 0.15) is 47.7 Å². The normalized spacial score (nSPS) is 13.4. The van der Waals surface area contributed by atoms with E-state index in [9.17, 15) is 14.7 Å². The average Bonchev–Trinajstić information content (AvgIpc) is 3.46. The van der Waals surface area contributed by atoms with E-state index in [0.29, 0.717) is 18.0 Å². The van der Waals surface area contributed by atoms with E-state index in [1.807, 2.05) is 18.3 Å². The lowest BCUT2D eigenvalue weighted by molar-refractivity contribution is -0.118. The topological polar surface area (TPSA) is 103 Å². The zero-order valence-electron chi connectivity index (χ0n) is 18.6. The molecular weight excluding hydrogens is 491 g/mol. The maximum atomic E-state index is 15.1. The Morgan fingerprint density at radius 3 is 2.77 bits per heavy atom. The molecule has 1 aliphatic carbocycles. The molecule has 1 fully saturated rings. The Hall–Kier alpha value is -3.30. The number of amides is 1. The molecule has 35 heavy (non-hydrogen) atoms. The second-order valence-electron chi connectivity index (χ2n) is 8.54. The number of aryl methyl sites for hydroxylation is 1. The van der Waals surface area contributed by atoms with E-state index in [1.54, 1.807) is 29.1 Å². The number of carbonyl (C=O) groups excluding carboxylic acids is 1. The van der Waals surface area contributed by atoms with Crippen molar-refractivity contribution >= 4 is 46.1 Å². The summed E-state index contributed by atoms with van der Waals surface area (Å²) in [5.74, 6) is -2.11. The molecule has 180 valence electrons. The Morgan fingerprint density at radius 1 is 1.26 bits per heavy atom. The summed E-state index contributed by atoms with van der Waals surface area (Å²) in [6.45, 7) is 0.552. The molecule has 4 aromatic rings. The van der Waals surface area contributed by atoms with Crippen molar-refractivity contribution < 1.29 is 19.1 Å². The van der Waals surface area contributed by atoms with E-state index < -0.39 is 11.8 Å². The lowest BCUT2D eigenvalue weighted by atomic mass is 10.2. The van der Waals surface area contributed by atoms with Gasteiger partial charge in [-0.2, -0.15) is 5.10 Å². The molecule has 0 spiro atoms. The number of carboxylic acid groups (broad SMARTS) is 1. The molecule has 10 heteroatoms. The molecule has 0 unspecified atom stereocenters. The predicted molar refractivity (Wildman–Crippen MR) is 132 cm³/mol. The van der Waals surface area contributed by atoms with Gasteiger partial charge in [0.05, 0.1) is 23.0 Å². The quantitative estimate of drug-likeness (QED) is 0.303. The summed E-state index contributed by atoms with van der Waals surface area (Å²) < 4.78 is 18.9. The van der Waals surface area contributed by atoms with Gasteiger partial charge in [-0.3, -0.25) is 9.48 Å². The molecule has 0 atom stereocenters. The molecule has 0 aliphatic heterocycles. The monoisotopic (exact) mass is 512 g/mol. The first kappa shape index (κ1) is 23.4. The SMILES string of the molecule is NC(=O)CCCn1cc(-n2c(C3CC3)c(Sc3cccc(C(=O)O)c3F)c3ccc(Cl)cc32)cn1. The van der Waals surface area contributed by atoms with Crippen LogP contribution in [-0.2, 0) is 11.3 Å². The summed E-state index contributed by atoms with van der Waals surface area (Å²) in [7, 11) is 0. The number of fused-ring (bicyclic) bond motifs is 1. The molecule has 1 saturated carbocycles. The maximum Gasteiger partial charge on any atom is 0.338 e. The summed E-state index contributed by atoms with van der Waals surface area (Å²) >= 11 is 7.60. The Bertz CT molecular complexity index is 1460. The van der Waals surface area contributed by atoms with Gasteiger partial charge < -0.3 is 15.4 Å². The minimum atomic E-state index is -1.30. The van der Waals surface area contributed by atoms with E-state index in [0.717, 1.165) is 40.0 Å². The number of primary amides is 1. The van der Waals surface area contributed by atoms with Gasteiger partial charge >= 0.3 is 5.97 Å². The van der Waals surface area contributed by atoms with Crippen LogP contribution in [0.15, 0.2) is 58.6 Å². The second-order valence-corrected chi connectivity index (χ2v) is 10.0. The first-order valence-electron chi connectivity index (χ1n) is 11.2. The van der Waals surface area contributed by atoms with Crippen LogP contribution in [0.3, 0.4) is 0 Å². The van der Waals surface area contributed by atoms with Crippen molar-refractivity contribution in [3.8, 4) is 5.69 Å². The summed E-state index contributed by atoms with van der Waals surface area (Å²) in [6, 6.07) is 10.0. The summed E-state index contributed by atoms with van der Waals surface area (Å²) in [6.07, 6.45) is 6.55. The minimum Gasteiger partial charge on any atom is -0.478 e. The maximum absolute atomic E-state index is 15.1. The van der Waals surface area contributed by atoms with Gasteiger partial charge in [-0.1, -0.05) is 35.5 Å². The fourth-order valence-corrected chi connectivity index (χ4v) is 5.61. The number of halogens is 2. The molecule has 0 saturated heterocycles. The number of rotatable bonds is 9. The summed E-state index contributed by atoms with van der Waals surface area (Å²) in [4.78, 5) is 23.7. The van der Waals surface area contributed by atoms with Crippen molar-refractivity contribution in [1.82, 2.24) is 14.3 Å². The van der Waals surface area contributed by atoms with Crippen LogP contribution in [0, 0.1) is 5.82 Å². The van der Waals surface area contributed by atoms with Gasteiger partial charge in [0, 0.05) is 51.0 Å². The van der Waals surface area contributed by atoms with Crippen LogP contribution >= 0.6 is 23.4 Å². The highest BCUT2D eigenvalue weighted by molar-refractivity contribution is 7.99. The van der Waals surface area contributed by atoms with Crippen molar-refractivity contribution in [3.63, 3.8) is 0 Å². The van der Waals surface area contributed by atoms with E-state index in [2.05, 4.69) is 9.67 Å². The standard InChI is InChI=1S/C25H22ClFN4O3S/c26-15-8-9-17-19(11-15)31(16-12-29-30(13-16)10-2-5-21(28)32)23(14-6-7-14)24(17)35-20-4-1-3-18(22(20)27)25(33)34/h1,3-4,8-9,11-14H,2,5-7,10H2,(H2,28,32)(H,33,34). The zero-order valence-corrected chi connectivity index (χ0v) is 20.2. The Labute approximate surface area is 209 Å². The van der Waals surface area contributed by atoms with Crippen molar-refractivity contribution in [3.05, 3.63) is 70.9 Å². The molecule has 0 radical (unpaired) electrons. The van der Waals surface area contributed by atoms with Gasteiger partial charge in [-0.05, 0) is 43.5 Å². The van der Waals surface area contributed by atoms with Crippen molar-refractivity contribution in [2.24, 2.45) is 5.73 Å².